The summed E-state index contributed by atoms with van der Waals surface area (Å²) in [7, 11) is 0. The number of hydrogen-bond donors (Lipinski definition) is 0. The van der Waals surface area contributed by atoms with Crippen LogP contribution in [-0.4, -0.2) is 17.9 Å². The maximum absolute atomic E-state index is 11.9. The van der Waals surface area contributed by atoms with Crippen molar-refractivity contribution in [2.24, 2.45) is 16.2 Å². The number of rotatable bonds is 48. The molecule has 0 fully saturated rings. The molecule has 0 aromatic rings. The van der Waals surface area contributed by atoms with Gasteiger partial charge in [0.1, 0.15) is 0 Å². The number of aliphatic carboxylic acids is 3. The summed E-state index contributed by atoms with van der Waals surface area (Å²) < 4.78 is 0. The van der Waals surface area contributed by atoms with Crippen LogP contribution in [0.5, 0.6) is 0 Å². The first kappa shape index (κ1) is 73.3. The van der Waals surface area contributed by atoms with Gasteiger partial charge >= 0.3 is 40.8 Å². The molecule has 0 saturated heterocycles. The minimum absolute atomic E-state index is 0. The van der Waals surface area contributed by atoms with Crippen LogP contribution in [0.2, 0.25) is 0 Å². The molecule has 1 radical (unpaired) electrons. The van der Waals surface area contributed by atoms with E-state index in [0.29, 0.717) is 0 Å². The summed E-state index contributed by atoms with van der Waals surface area (Å²) in [6.45, 7) is 19.8. The summed E-state index contributed by atoms with van der Waals surface area (Å²) >= 11 is 0. The third-order valence-corrected chi connectivity index (χ3v) is 14.9. The Morgan fingerprint density at radius 3 is 0.403 bits per heavy atom. The van der Waals surface area contributed by atoms with Gasteiger partial charge in [0, 0.05) is 34.2 Å². The molecule has 7 heteroatoms. The van der Waals surface area contributed by atoms with E-state index in [2.05, 4.69) is 62.3 Å². The fraction of sp³-hybridized carbons (Fsp3) is 0.950. The fourth-order valence-electron chi connectivity index (χ4n) is 10.1. The molecule has 0 aromatic heterocycles. The zero-order valence-corrected chi connectivity index (χ0v) is 50.0. The first-order valence-electron chi connectivity index (χ1n) is 29.5. The molecule has 0 aliphatic heterocycles. The first-order chi connectivity index (χ1) is 31.9. The molecule has 6 nitrogen and oxygen atoms in total. The van der Waals surface area contributed by atoms with Crippen LogP contribution >= 0.6 is 0 Å². The normalized spacial score (nSPS) is 11.6. The van der Waals surface area contributed by atoms with Gasteiger partial charge in [0.05, 0.1) is 0 Å². The van der Waals surface area contributed by atoms with Crippen LogP contribution in [0.3, 0.4) is 0 Å². The largest absolute Gasteiger partial charge is 3.00 e. The van der Waals surface area contributed by atoms with Crippen LogP contribution in [0, 0.1) is 57.1 Å². The molecule has 0 amide bonds. The molecule has 0 heterocycles. The molecule has 0 atom stereocenters. The molecular weight excluding hydrogens is 961 g/mol. The van der Waals surface area contributed by atoms with Gasteiger partial charge in [-0.3, -0.25) is 0 Å². The quantitative estimate of drug-likeness (QED) is 0.0560. The number of carbonyl (C=O) groups excluding carboxylic acids is 3. The Bertz CT molecular complexity index is 823. The molecule has 0 aliphatic carbocycles. The molecule has 0 aromatic carbocycles. The van der Waals surface area contributed by atoms with Crippen LogP contribution in [0.4, 0.5) is 0 Å². The van der Waals surface area contributed by atoms with E-state index in [4.69, 9.17) is 0 Å². The average Bonchev–Trinajstić information content (AvgIpc) is 3.30. The van der Waals surface area contributed by atoms with Gasteiger partial charge in [-0.05, 0) is 57.8 Å². The topological polar surface area (TPSA) is 120 Å². The Morgan fingerprint density at radius 2 is 0.328 bits per heavy atom. The summed E-state index contributed by atoms with van der Waals surface area (Å²) in [6, 6.07) is 0. The fourth-order valence-corrected chi connectivity index (χ4v) is 10.1. The zero-order chi connectivity index (χ0) is 50.1. The molecule has 67 heavy (non-hydrogen) atoms. The number of carboxylic acid groups (broad SMARTS) is 3. The van der Waals surface area contributed by atoms with Crippen LogP contribution in [0.25, 0.3) is 0 Å². The number of carboxylic acids is 3. The predicted octanol–water partition coefficient (Wildman–Crippen LogP) is 16.9. The van der Waals surface area contributed by atoms with Crippen molar-refractivity contribution in [2.75, 3.05) is 0 Å². The van der Waals surface area contributed by atoms with Gasteiger partial charge < -0.3 is 29.7 Å². The minimum Gasteiger partial charge on any atom is -0.550 e. The first-order valence-corrected chi connectivity index (χ1v) is 29.5. The Hall–Kier alpha value is -0.239. The third kappa shape index (κ3) is 41.0. The van der Waals surface area contributed by atoms with Crippen molar-refractivity contribution in [3.05, 3.63) is 0 Å². The Labute approximate surface area is 452 Å². The van der Waals surface area contributed by atoms with E-state index in [1.54, 1.807) is 0 Å². The van der Waals surface area contributed by atoms with Gasteiger partial charge in [0.15, 0.2) is 0 Å². The van der Waals surface area contributed by atoms with Gasteiger partial charge in [-0.15, -0.1) is 0 Å². The predicted molar refractivity (Wildman–Crippen MR) is 281 cm³/mol. The summed E-state index contributed by atoms with van der Waals surface area (Å²) in [5, 5.41) is 35.7. The Balaban J connectivity index is -0.000000441. The summed E-state index contributed by atoms with van der Waals surface area (Å²) in [5.41, 5.74) is -1.64. The van der Waals surface area contributed by atoms with Crippen molar-refractivity contribution in [1.82, 2.24) is 0 Å². The van der Waals surface area contributed by atoms with Gasteiger partial charge in [-0.25, -0.2) is 0 Å². The molecule has 0 saturated carbocycles. The summed E-state index contributed by atoms with van der Waals surface area (Å²) in [6.07, 6.45) is 49.1. The van der Waals surface area contributed by atoms with E-state index in [1.165, 1.54) is 116 Å². The van der Waals surface area contributed by atoms with Gasteiger partial charge in [-0.1, -0.05) is 293 Å². The van der Waals surface area contributed by atoms with E-state index in [1.807, 2.05) is 0 Å². The molecular formula is C60H117NdO6. The van der Waals surface area contributed by atoms with Crippen molar-refractivity contribution in [3.63, 3.8) is 0 Å². The smallest absolute Gasteiger partial charge is 0.550 e. The van der Waals surface area contributed by atoms with Crippen LogP contribution in [0.1, 0.15) is 351 Å². The standard InChI is InChI=1S/3C20H40O2.Nd/c3*1-4-7-10-13-16-20(19(21)22,17-14-11-8-5-2)18-15-12-9-6-3;/h3*4-18H2,1-3H3,(H,21,22);/q;;;+3/p-3. The molecule has 0 rings (SSSR count). The van der Waals surface area contributed by atoms with E-state index < -0.39 is 34.2 Å². The second-order valence-electron chi connectivity index (χ2n) is 21.0. The van der Waals surface area contributed by atoms with Crippen LogP contribution in [0.15, 0.2) is 0 Å². The van der Waals surface area contributed by atoms with Crippen LogP contribution in [-0.2, 0) is 14.4 Å². The molecule has 0 spiro atoms. The maximum Gasteiger partial charge on any atom is 3.00 e. The van der Waals surface area contributed by atoms with Crippen molar-refractivity contribution in [3.8, 4) is 0 Å². The number of hydrogen-bond acceptors (Lipinski definition) is 6. The third-order valence-electron chi connectivity index (χ3n) is 14.9. The van der Waals surface area contributed by atoms with Crippen molar-refractivity contribution < 1.29 is 70.5 Å². The molecule has 0 bridgehead atoms. The van der Waals surface area contributed by atoms with E-state index in [0.717, 1.165) is 173 Å². The average molecular weight is 1080 g/mol. The molecule has 0 N–H and O–H groups in total. The second-order valence-corrected chi connectivity index (χ2v) is 21.0. The SMILES string of the molecule is CCCCCCC(CCCCCC)(CCCCCC)C(=O)[O-].CCCCCCC(CCCCCC)(CCCCCC)C(=O)[O-].CCCCCCC(CCCCCC)(CCCCCC)C(=O)[O-].[Nd+3]. The van der Waals surface area contributed by atoms with Crippen molar-refractivity contribution >= 4 is 17.9 Å². The van der Waals surface area contributed by atoms with E-state index >= 15 is 0 Å². The van der Waals surface area contributed by atoms with Crippen LogP contribution < -0.4 is 15.3 Å². The second kappa shape index (κ2) is 53.6. The van der Waals surface area contributed by atoms with Gasteiger partial charge in [0.2, 0.25) is 0 Å². The van der Waals surface area contributed by atoms with Crippen molar-refractivity contribution in [2.45, 2.75) is 351 Å². The summed E-state index contributed by atoms with van der Waals surface area (Å²) in [4.78, 5) is 35.7. The maximum atomic E-state index is 11.9. The van der Waals surface area contributed by atoms with Gasteiger partial charge in [-0.2, -0.15) is 0 Å². The number of carbonyl (C=O) groups is 3. The molecule has 397 valence electrons. The van der Waals surface area contributed by atoms with E-state index in [-0.39, 0.29) is 40.8 Å². The number of unbranched alkanes of at least 4 members (excludes halogenated alkanes) is 27. The Kier molecular flexibility index (Phi) is 58.6. The van der Waals surface area contributed by atoms with Crippen molar-refractivity contribution in [1.29, 1.82) is 0 Å². The monoisotopic (exact) mass is 1080 g/mol. The Morgan fingerprint density at radius 1 is 0.224 bits per heavy atom. The van der Waals surface area contributed by atoms with E-state index in [9.17, 15) is 29.7 Å². The molecule has 0 unspecified atom stereocenters. The van der Waals surface area contributed by atoms with Gasteiger partial charge in [0.25, 0.3) is 0 Å². The minimum atomic E-state index is -0.781. The summed E-state index contributed by atoms with van der Waals surface area (Å²) in [5.74, 6) is -2.34. The molecule has 0 aliphatic rings. The zero-order valence-electron chi connectivity index (χ0n) is 46.8.